The summed E-state index contributed by atoms with van der Waals surface area (Å²) in [4.78, 5) is 27.5. The van der Waals surface area contributed by atoms with Crippen LogP contribution in [0.5, 0.6) is 0 Å². The molecular formula is C15H23N3O3. The molecule has 0 aliphatic carbocycles. The number of carbonyl (C=O) groups excluding carboxylic acids is 1. The topological polar surface area (TPSA) is 73.2 Å². The van der Waals surface area contributed by atoms with E-state index in [0.29, 0.717) is 18.2 Å². The van der Waals surface area contributed by atoms with Gasteiger partial charge in [-0.25, -0.2) is 4.79 Å². The average molecular weight is 293 g/mol. The summed E-state index contributed by atoms with van der Waals surface area (Å²) >= 11 is 0. The number of carbonyl (C=O) groups is 1. The number of ether oxygens (including phenoxy) is 1. The van der Waals surface area contributed by atoms with Crippen molar-refractivity contribution in [3.8, 4) is 0 Å². The predicted octanol–water partition coefficient (Wildman–Crippen LogP) is 0.793. The monoisotopic (exact) mass is 293 g/mol. The Hall–Kier alpha value is -1.69. The third-order valence-electron chi connectivity index (χ3n) is 3.78. The summed E-state index contributed by atoms with van der Waals surface area (Å²) in [7, 11) is 0. The number of aromatic nitrogens is 2. The van der Waals surface area contributed by atoms with E-state index in [-0.39, 0.29) is 18.1 Å². The van der Waals surface area contributed by atoms with Crippen molar-refractivity contribution in [2.24, 2.45) is 5.92 Å². The van der Waals surface area contributed by atoms with Gasteiger partial charge in [0.1, 0.15) is 6.54 Å². The van der Waals surface area contributed by atoms with E-state index in [4.69, 9.17) is 4.74 Å². The van der Waals surface area contributed by atoms with Crippen LogP contribution in [-0.2, 0) is 16.1 Å². The molecule has 1 N–H and O–H groups in total. The Balaban J connectivity index is 1.75. The summed E-state index contributed by atoms with van der Waals surface area (Å²) in [6.45, 7) is 5.96. The molecule has 1 aromatic heterocycles. The molecule has 0 spiro atoms. The maximum absolute atomic E-state index is 11.9. The zero-order chi connectivity index (χ0) is 15.2. The van der Waals surface area contributed by atoms with Gasteiger partial charge in [-0.15, -0.1) is 0 Å². The molecule has 0 bridgehead atoms. The Bertz CT molecular complexity index is 548. The Morgan fingerprint density at radius 1 is 1.52 bits per heavy atom. The number of aryl methyl sites for hydroxylation is 2. The highest BCUT2D eigenvalue weighted by atomic mass is 16.5. The number of nitrogens with one attached hydrogen (secondary N) is 1. The molecule has 1 aromatic rings. The first-order valence-corrected chi connectivity index (χ1v) is 7.46. The lowest BCUT2D eigenvalue weighted by molar-refractivity contribution is -0.121. The SMILES string of the molecule is Cc1cc(C)n(CC(=O)NCCCC2CCOC2)c(=O)n1. The molecule has 1 aliphatic heterocycles. The molecule has 6 nitrogen and oxygen atoms in total. The van der Waals surface area contributed by atoms with Crippen LogP contribution >= 0.6 is 0 Å². The van der Waals surface area contributed by atoms with Crippen LogP contribution in [0.15, 0.2) is 10.9 Å². The first-order valence-electron chi connectivity index (χ1n) is 7.46. The average Bonchev–Trinajstić information content (AvgIpc) is 2.92. The van der Waals surface area contributed by atoms with Crippen LogP contribution in [0.25, 0.3) is 0 Å². The Morgan fingerprint density at radius 3 is 3.00 bits per heavy atom. The Morgan fingerprint density at radius 2 is 2.33 bits per heavy atom. The van der Waals surface area contributed by atoms with E-state index in [0.717, 1.165) is 38.2 Å². The van der Waals surface area contributed by atoms with Gasteiger partial charge in [0.2, 0.25) is 5.91 Å². The molecule has 0 radical (unpaired) electrons. The third-order valence-corrected chi connectivity index (χ3v) is 3.78. The predicted molar refractivity (Wildman–Crippen MR) is 79.1 cm³/mol. The van der Waals surface area contributed by atoms with E-state index in [1.54, 1.807) is 13.0 Å². The number of hydrogen-bond donors (Lipinski definition) is 1. The van der Waals surface area contributed by atoms with Gasteiger partial charge in [0.25, 0.3) is 0 Å². The second kappa shape index (κ2) is 7.36. The number of amides is 1. The highest BCUT2D eigenvalue weighted by molar-refractivity contribution is 5.75. The molecule has 1 fully saturated rings. The lowest BCUT2D eigenvalue weighted by Gasteiger charge is -2.11. The van der Waals surface area contributed by atoms with E-state index in [9.17, 15) is 9.59 Å². The zero-order valence-electron chi connectivity index (χ0n) is 12.7. The molecular weight excluding hydrogens is 270 g/mol. The van der Waals surface area contributed by atoms with Crippen molar-refractivity contribution >= 4 is 5.91 Å². The van der Waals surface area contributed by atoms with Gasteiger partial charge in [0.05, 0.1) is 0 Å². The van der Waals surface area contributed by atoms with E-state index in [1.807, 2.05) is 6.92 Å². The van der Waals surface area contributed by atoms with Gasteiger partial charge in [-0.3, -0.25) is 9.36 Å². The summed E-state index contributed by atoms with van der Waals surface area (Å²) in [6, 6.07) is 1.80. The maximum atomic E-state index is 11.9. The lowest BCUT2D eigenvalue weighted by atomic mass is 10.0. The summed E-state index contributed by atoms with van der Waals surface area (Å²) in [6.07, 6.45) is 3.14. The minimum Gasteiger partial charge on any atom is -0.381 e. The molecule has 1 aliphatic rings. The summed E-state index contributed by atoms with van der Waals surface area (Å²) in [5, 5.41) is 2.86. The molecule has 1 atom stereocenters. The molecule has 0 aromatic carbocycles. The van der Waals surface area contributed by atoms with Crippen LogP contribution in [0.1, 0.15) is 30.7 Å². The highest BCUT2D eigenvalue weighted by Crippen LogP contribution is 2.17. The van der Waals surface area contributed by atoms with Crippen LogP contribution in [0.2, 0.25) is 0 Å². The molecule has 6 heteroatoms. The second-order valence-corrected chi connectivity index (χ2v) is 5.63. The van der Waals surface area contributed by atoms with Crippen LogP contribution < -0.4 is 11.0 Å². The van der Waals surface area contributed by atoms with Crippen molar-refractivity contribution in [1.82, 2.24) is 14.9 Å². The maximum Gasteiger partial charge on any atom is 0.348 e. The minimum atomic E-state index is -0.370. The van der Waals surface area contributed by atoms with E-state index >= 15 is 0 Å². The second-order valence-electron chi connectivity index (χ2n) is 5.63. The first-order chi connectivity index (χ1) is 10.1. The summed E-state index contributed by atoms with van der Waals surface area (Å²) in [5.41, 5.74) is 1.06. The fourth-order valence-electron chi connectivity index (χ4n) is 2.60. The van der Waals surface area contributed by atoms with Crippen LogP contribution in [-0.4, -0.2) is 35.2 Å². The minimum absolute atomic E-state index is 0.0322. The molecule has 21 heavy (non-hydrogen) atoms. The number of rotatable bonds is 6. The van der Waals surface area contributed by atoms with Gasteiger partial charge in [0, 0.05) is 31.1 Å². The van der Waals surface area contributed by atoms with Gasteiger partial charge in [-0.05, 0) is 45.1 Å². The van der Waals surface area contributed by atoms with Crippen LogP contribution in [0.3, 0.4) is 0 Å². The van der Waals surface area contributed by atoms with Crippen molar-refractivity contribution in [2.45, 2.75) is 39.7 Å². The van der Waals surface area contributed by atoms with Gasteiger partial charge < -0.3 is 10.1 Å². The van der Waals surface area contributed by atoms with E-state index in [2.05, 4.69) is 10.3 Å². The molecule has 1 amide bonds. The normalized spacial score (nSPS) is 17.9. The van der Waals surface area contributed by atoms with Crippen LogP contribution in [0, 0.1) is 19.8 Å². The molecule has 1 saturated heterocycles. The van der Waals surface area contributed by atoms with Crippen molar-refractivity contribution in [1.29, 1.82) is 0 Å². The van der Waals surface area contributed by atoms with Crippen molar-refractivity contribution in [3.05, 3.63) is 27.9 Å². The van der Waals surface area contributed by atoms with Crippen molar-refractivity contribution < 1.29 is 9.53 Å². The standard InChI is InChI=1S/C15H23N3O3/c1-11-8-12(2)18(15(20)17-11)9-14(19)16-6-3-4-13-5-7-21-10-13/h8,13H,3-7,9-10H2,1-2H3,(H,16,19). The Labute approximate surface area is 124 Å². The quantitative estimate of drug-likeness (QED) is 0.787. The van der Waals surface area contributed by atoms with Gasteiger partial charge in [0.15, 0.2) is 0 Å². The van der Waals surface area contributed by atoms with Crippen molar-refractivity contribution in [2.75, 3.05) is 19.8 Å². The fourth-order valence-corrected chi connectivity index (χ4v) is 2.60. The largest absolute Gasteiger partial charge is 0.381 e. The molecule has 2 heterocycles. The molecule has 2 rings (SSSR count). The van der Waals surface area contributed by atoms with E-state index in [1.165, 1.54) is 4.57 Å². The van der Waals surface area contributed by atoms with Crippen LogP contribution in [0.4, 0.5) is 0 Å². The van der Waals surface area contributed by atoms with Gasteiger partial charge in [-0.2, -0.15) is 4.98 Å². The number of nitrogens with zero attached hydrogens (tertiary/aromatic N) is 2. The van der Waals surface area contributed by atoms with E-state index < -0.39 is 0 Å². The third kappa shape index (κ3) is 4.67. The number of hydrogen-bond acceptors (Lipinski definition) is 4. The summed E-state index contributed by atoms with van der Waals surface area (Å²) < 4.78 is 6.71. The summed E-state index contributed by atoms with van der Waals surface area (Å²) in [5.74, 6) is 0.488. The van der Waals surface area contributed by atoms with Gasteiger partial charge >= 0.3 is 5.69 Å². The first kappa shape index (κ1) is 15.7. The zero-order valence-corrected chi connectivity index (χ0v) is 12.7. The van der Waals surface area contributed by atoms with Crippen molar-refractivity contribution in [3.63, 3.8) is 0 Å². The molecule has 1 unspecified atom stereocenters. The highest BCUT2D eigenvalue weighted by Gasteiger charge is 2.15. The Kier molecular flexibility index (Phi) is 5.50. The molecule has 116 valence electrons. The smallest absolute Gasteiger partial charge is 0.348 e. The molecule has 0 saturated carbocycles. The lowest BCUT2D eigenvalue weighted by Crippen LogP contribution is -2.35. The van der Waals surface area contributed by atoms with Gasteiger partial charge in [-0.1, -0.05) is 0 Å². The fraction of sp³-hybridized carbons (Fsp3) is 0.667.